The third kappa shape index (κ3) is 2.40. The van der Waals surface area contributed by atoms with Gasteiger partial charge in [0, 0.05) is 0 Å². The summed E-state index contributed by atoms with van der Waals surface area (Å²) < 4.78 is 0. The Labute approximate surface area is 97.3 Å². The van der Waals surface area contributed by atoms with Crippen molar-refractivity contribution >= 4 is 5.57 Å². The summed E-state index contributed by atoms with van der Waals surface area (Å²) in [6.45, 7) is 6.01. The van der Waals surface area contributed by atoms with Crippen LogP contribution in [0.2, 0.25) is 0 Å². The Kier molecular flexibility index (Phi) is 3.21. The molecule has 0 bridgehead atoms. The molecule has 0 aliphatic heterocycles. The van der Waals surface area contributed by atoms with Gasteiger partial charge in [0.25, 0.3) is 0 Å². The van der Waals surface area contributed by atoms with Gasteiger partial charge in [-0.05, 0) is 22.6 Å². The van der Waals surface area contributed by atoms with E-state index in [0.29, 0.717) is 5.92 Å². The van der Waals surface area contributed by atoms with Crippen LogP contribution < -0.4 is 0 Å². The van der Waals surface area contributed by atoms with Crippen LogP contribution in [0.3, 0.4) is 0 Å². The SMILES string of the molecule is C=CC1=CC(C)C=C(c2ccccc2)C=C1. The molecular formula is C16H16. The first kappa shape index (κ1) is 10.7. The number of allylic oxidation sites excluding steroid dienone is 7. The predicted octanol–water partition coefficient (Wildman–Crippen LogP) is 4.39. The molecule has 0 fully saturated rings. The van der Waals surface area contributed by atoms with Gasteiger partial charge in [-0.25, -0.2) is 0 Å². The van der Waals surface area contributed by atoms with Crippen LogP contribution in [0.15, 0.2) is 72.9 Å². The highest BCUT2D eigenvalue weighted by Crippen LogP contribution is 2.23. The number of benzene rings is 1. The van der Waals surface area contributed by atoms with Crippen LogP contribution in [-0.2, 0) is 0 Å². The molecule has 1 aliphatic carbocycles. The minimum absolute atomic E-state index is 0.443. The topological polar surface area (TPSA) is 0 Å². The fourth-order valence-corrected chi connectivity index (χ4v) is 1.89. The average Bonchev–Trinajstić information content (AvgIpc) is 2.52. The summed E-state index contributed by atoms with van der Waals surface area (Å²) in [4.78, 5) is 0. The zero-order valence-electron chi connectivity index (χ0n) is 9.56. The molecule has 80 valence electrons. The van der Waals surface area contributed by atoms with Gasteiger partial charge in [-0.2, -0.15) is 0 Å². The molecule has 1 aliphatic rings. The lowest BCUT2D eigenvalue weighted by molar-refractivity contribution is 0.940. The summed E-state index contributed by atoms with van der Waals surface area (Å²) in [5.74, 6) is 0.443. The maximum Gasteiger partial charge on any atom is -0.00637 e. The van der Waals surface area contributed by atoms with Gasteiger partial charge >= 0.3 is 0 Å². The Morgan fingerprint density at radius 1 is 1.06 bits per heavy atom. The van der Waals surface area contributed by atoms with Crippen LogP contribution in [0.1, 0.15) is 12.5 Å². The lowest BCUT2D eigenvalue weighted by Crippen LogP contribution is -1.86. The van der Waals surface area contributed by atoms with Crippen LogP contribution in [-0.4, -0.2) is 0 Å². The van der Waals surface area contributed by atoms with Crippen LogP contribution in [0.4, 0.5) is 0 Å². The van der Waals surface area contributed by atoms with E-state index in [1.807, 2.05) is 12.1 Å². The third-order valence-corrected chi connectivity index (χ3v) is 2.70. The first-order valence-corrected chi connectivity index (χ1v) is 5.59. The molecule has 1 aromatic rings. The van der Waals surface area contributed by atoms with Crippen molar-refractivity contribution < 1.29 is 0 Å². The third-order valence-electron chi connectivity index (χ3n) is 2.70. The molecule has 0 saturated carbocycles. The molecule has 0 aromatic heterocycles. The van der Waals surface area contributed by atoms with Gasteiger partial charge in [-0.15, -0.1) is 0 Å². The van der Waals surface area contributed by atoms with Crippen molar-refractivity contribution in [2.24, 2.45) is 5.92 Å². The van der Waals surface area contributed by atoms with Crippen LogP contribution in [0.5, 0.6) is 0 Å². The van der Waals surface area contributed by atoms with Crippen molar-refractivity contribution in [1.29, 1.82) is 0 Å². The van der Waals surface area contributed by atoms with Crippen LogP contribution in [0.25, 0.3) is 5.57 Å². The van der Waals surface area contributed by atoms with E-state index in [9.17, 15) is 0 Å². The molecule has 0 amide bonds. The minimum Gasteiger partial charge on any atom is -0.0985 e. The van der Waals surface area contributed by atoms with Gasteiger partial charge in [0.05, 0.1) is 0 Å². The second kappa shape index (κ2) is 4.80. The highest BCUT2D eigenvalue weighted by Gasteiger charge is 2.04. The smallest absolute Gasteiger partial charge is 0.00637 e. The van der Waals surface area contributed by atoms with Crippen molar-refractivity contribution in [3.05, 3.63) is 78.4 Å². The van der Waals surface area contributed by atoms with Crippen LogP contribution in [0, 0.1) is 5.92 Å². The molecule has 0 saturated heterocycles. The van der Waals surface area contributed by atoms with Crippen LogP contribution >= 0.6 is 0 Å². The molecule has 0 N–H and O–H groups in total. The van der Waals surface area contributed by atoms with Gasteiger partial charge in [-0.3, -0.25) is 0 Å². The molecule has 0 heteroatoms. The van der Waals surface area contributed by atoms with Crippen molar-refractivity contribution in [2.45, 2.75) is 6.92 Å². The van der Waals surface area contributed by atoms with Gasteiger partial charge in [0.15, 0.2) is 0 Å². The Morgan fingerprint density at radius 2 is 1.81 bits per heavy atom. The van der Waals surface area contributed by atoms with Crippen molar-refractivity contribution in [3.63, 3.8) is 0 Å². The quantitative estimate of drug-likeness (QED) is 0.676. The summed E-state index contributed by atoms with van der Waals surface area (Å²) in [5, 5.41) is 0. The molecule has 1 atom stereocenters. The highest BCUT2D eigenvalue weighted by atomic mass is 14.1. The lowest BCUT2D eigenvalue weighted by Gasteiger charge is -2.03. The second-order valence-corrected chi connectivity index (χ2v) is 4.05. The van der Waals surface area contributed by atoms with E-state index in [4.69, 9.17) is 0 Å². The molecule has 0 nitrogen and oxygen atoms in total. The Hall–Kier alpha value is -1.82. The molecular weight excluding hydrogens is 192 g/mol. The van der Waals surface area contributed by atoms with E-state index in [0.717, 1.165) is 0 Å². The number of rotatable bonds is 2. The fourth-order valence-electron chi connectivity index (χ4n) is 1.89. The maximum atomic E-state index is 3.82. The largest absolute Gasteiger partial charge is 0.0985 e. The van der Waals surface area contributed by atoms with Gasteiger partial charge in [0.1, 0.15) is 0 Å². The Balaban J connectivity index is 2.35. The molecule has 1 unspecified atom stereocenters. The Morgan fingerprint density at radius 3 is 2.50 bits per heavy atom. The number of hydrogen-bond donors (Lipinski definition) is 0. The monoisotopic (exact) mass is 208 g/mol. The summed E-state index contributed by atoms with van der Waals surface area (Å²) in [7, 11) is 0. The maximum absolute atomic E-state index is 3.82. The van der Waals surface area contributed by atoms with Crippen molar-refractivity contribution in [2.75, 3.05) is 0 Å². The van der Waals surface area contributed by atoms with E-state index < -0.39 is 0 Å². The summed E-state index contributed by atoms with van der Waals surface area (Å²) >= 11 is 0. The summed E-state index contributed by atoms with van der Waals surface area (Å²) in [6, 6.07) is 10.5. The molecule has 0 heterocycles. The Bertz CT molecular complexity index is 458. The minimum atomic E-state index is 0.443. The highest BCUT2D eigenvalue weighted by molar-refractivity contribution is 5.75. The van der Waals surface area contributed by atoms with E-state index in [1.165, 1.54) is 16.7 Å². The summed E-state index contributed by atoms with van der Waals surface area (Å²) in [5.41, 5.74) is 3.74. The second-order valence-electron chi connectivity index (χ2n) is 4.05. The lowest BCUT2D eigenvalue weighted by atomic mass is 10.0. The normalized spacial score (nSPS) is 19.7. The van der Waals surface area contributed by atoms with E-state index >= 15 is 0 Å². The zero-order chi connectivity index (χ0) is 11.4. The summed E-state index contributed by atoms with van der Waals surface area (Å²) in [6.07, 6.45) is 10.7. The van der Waals surface area contributed by atoms with E-state index in [2.05, 4.69) is 62.1 Å². The van der Waals surface area contributed by atoms with Gasteiger partial charge in [-0.1, -0.05) is 74.2 Å². The molecule has 2 rings (SSSR count). The first-order valence-electron chi connectivity index (χ1n) is 5.59. The average molecular weight is 208 g/mol. The molecule has 0 spiro atoms. The standard InChI is InChI=1S/C16H16/c1-3-14-9-10-16(12-13(2)11-14)15-7-5-4-6-8-15/h3-13H,1H2,2H3. The predicted molar refractivity (Wildman–Crippen MR) is 71.0 cm³/mol. The first-order chi connectivity index (χ1) is 7.79. The zero-order valence-corrected chi connectivity index (χ0v) is 9.56. The fraction of sp³-hybridized carbons (Fsp3) is 0.125. The molecule has 0 radical (unpaired) electrons. The number of hydrogen-bond acceptors (Lipinski definition) is 0. The molecule has 16 heavy (non-hydrogen) atoms. The van der Waals surface area contributed by atoms with Crippen molar-refractivity contribution in [3.8, 4) is 0 Å². The van der Waals surface area contributed by atoms with Gasteiger partial charge in [0.2, 0.25) is 0 Å². The van der Waals surface area contributed by atoms with Gasteiger partial charge < -0.3 is 0 Å². The van der Waals surface area contributed by atoms with Crippen molar-refractivity contribution in [1.82, 2.24) is 0 Å². The van der Waals surface area contributed by atoms with E-state index in [-0.39, 0.29) is 0 Å². The van der Waals surface area contributed by atoms with E-state index in [1.54, 1.807) is 0 Å². The molecule has 1 aromatic carbocycles.